The van der Waals surface area contributed by atoms with Gasteiger partial charge in [-0.15, -0.1) is 0 Å². The molecule has 1 aliphatic heterocycles. The maximum Gasteiger partial charge on any atom is 0.255 e. The van der Waals surface area contributed by atoms with E-state index < -0.39 is 5.82 Å². The van der Waals surface area contributed by atoms with Crippen molar-refractivity contribution in [2.24, 2.45) is 5.41 Å². The monoisotopic (exact) mass is 262 g/mol. The van der Waals surface area contributed by atoms with Gasteiger partial charge in [0.25, 0.3) is 5.91 Å². The van der Waals surface area contributed by atoms with Gasteiger partial charge in [0, 0.05) is 19.3 Å². The molecule has 3 rings (SSSR count). The van der Waals surface area contributed by atoms with Crippen molar-refractivity contribution in [3.8, 4) is 0 Å². The smallest absolute Gasteiger partial charge is 0.255 e. The number of carbonyl (C=O) groups is 1. The van der Waals surface area contributed by atoms with Crippen LogP contribution in [-0.4, -0.2) is 28.9 Å². The third kappa shape index (κ3) is 2.48. The second kappa shape index (κ2) is 4.91. The molecule has 0 atom stereocenters. The predicted octanol–water partition coefficient (Wildman–Crippen LogP) is 3.02. The van der Waals surface area contributed by atoms with Crippen molar-refractivity contribution in [2.75, 3.05) is 13.1 Å². The second-order valence-corrected chi connectivity index (χ2v) is 5.93. The summed E-state index contributed by atoms with van der Waals surface area (Å²) >= 11 is 0. The summed E-state index contributed by atoms with van der Waals surface area (Å²) in [6.07, 6.45) is 10.0. The predicted molar refractivity (Wildman–Crippen MR) is 70.2 cm³/mol. The van der Waals surface area contributed by atoms with Crippen LogP contribution in [0.25, 0.3) is 0 Å². The first-order valence-corrected chi connectivity index (χ1v) is 7.08. The van der Waals surface area contributed by atoms with Crippen molar-refractivity contribution < 1.29 is 9.18 Å². The lowest BCUT2D eigenvalue weighted by Crippen LogP contribution is -2.33. The summed E-state index contributed by atoms with van der Waals surface area (Å²) in [7, 11) is 0. The molecule has 1 amide bonds. The van der Waals surface area contributed by atoms with E-state index in [0.717, 1.165) is 25.7 Å². The van der Waals surface area contributed by atoms with Gasteiger partial charge in [0.2, 0.25) is 0 Å². The zero-order valence-electron chi connectivity index (χ0n) is 11.1. The molecule has 0 aromatic carbocycles. The van der Waals surface area contributed by atoms with Gasteiger partial charge in [0.05, 0.1) is 11.8 Å². The fraction of sp³-hybridized carbons (Fsp3) is 0.600. The van der Waals surface area contributed by atoms with E-state index in [4.69, 9.17) is 0 Å². The van der Waals surface area contributed by atoms with Gasteiger partial charge in [0.1, 0.15) is 5.82 Å². The Bertz CT molecular complexity index is 483. The Morgan fingerprint density at radius 3 is 2.74 bits per heavy atom. The van der Waals surface area contributed by atoms with Gasteiger partial charge in [-0.1, -0.05) is 19.3 Å². The summed E-state index contributed by atoms with van der Waals surface area (Å²) < 4.78 is 13.1. The van der Waals surface area contributed by atoms with Crippen LogP contribution in [0.15, 0.2) is 18.5 Å². The molecular formula is C15H19FN2O. The molecule has 19 heavy (non-hydrogen) atoms. The van der Waals surface area contributed by atoms with Gasteiger partial charge in [0.15, 0.2) is 0 Å². The molecule has 1 aromatic heterocycles. The highest BCUT2D eigenvalue weighted by Crippen LogP contribution is 2.43. The molecule has 0 N–H and O–H groups in total. The van der Waals surface area contributed by atoms with Crippen LogP contribution in [0.4, 0.5) is 4.39 Å². The molecule has 1 aliphatic carbocycles. The van der Waals surface area contributed by atoms with Crippen molar-refractivity contribution in [3.63, 3.8) is 0 Å². The van der Waals surface area contributed by atoms with Crippen molar-refractivity contribution in [1.82, 2.24) is 9.88 Å². The van der Waals surface area contributed by atoms with Crippen LogP contribution in [0.1, 0.15) is 48.9 Å². The summed E-state index contributed by atoms with van der Waals surface area (Å²) in [5, 5.41) is 0. The van der Waals surface area contributed by atoms with Crippen molar-refractivity contribution in [3.05, 3.63) is 29.8 Å². The highest BCUT2D eigenvalue weighted by molar-refractivity contribution is 5.94. The SMILES string of the molecule is O=C(c1cncc(F)c1)N1CCC2(CCCCC2)C1. The van der Waals surface area contributed by atoms with E-state index in [2.05, 4.69) is 4.98 Å². The highest BCUT2D eigenvalue weighted by atomic mass is 19.1. The Labute approximate surface area is 112 Å². The lowest BCUT2D eigenvalue weighted by Gasteiger charge is -2.33. The molecule has 102 valence electrons. The number of aromatic nitrogens is 1. The zero-order chi connectivity index (χ0) is 13.3. The number of carbonyl (C=O) groups excluding carboxylic acids is 1. The normalized spacial score (nSPS) is 21.8. The number of rotatable bonds is 1. The Kier molecular flexibility index (Phi) is 3.25. The van der Waals surface area contributed by atoms with Gasteiger partial charge in [-0.05, 0) is 30.7 Å². The Morgan fingerprint density at radius 2 is 2.00 bits per heavy atom. The van der Waals surface area contributed by atoms with Crippen LogP contribution in [0.3, 0.4) is 0 Å². The molecule has 0 bridgehead atoms. The van der Waals surface area contributed by atoms with Crippen LogP contribution in [-0.2, 0) is 0 Å². The number of nitrogens with zero attached hydrogens (tertiary/aromatic N) is 2. The fourth-order valence-electron chi connectivity index (χ4n) is 3.53. The largest absolute Gasteiger partial charge is 0.338 e. The number of likely N-dealkylation sites (tertiary alicyclic amines) is 1. The van der Waals surface area contributed by atoms with Gasteiger partial charge in [-0.3, -0.25) is 9.78 Å². The van der Waals surface area contributed by atoms with Crippen LogP contribution < -0.4 is 0 Å². The quantitative estimate of drug-likeness (QED) is 0.779. The maximum atomic E-state index is 13.1. The fourth-order valence-corrected chi connectivity index (χ4v) is 3.53. The van der Waals surface area contributed by atoms with E-state index >= 15 is 0 Å². The van der Waals surface area contributed by atoms with Gasteiger partial charge < -0.3 is 4.90 Å². The third-order valence-electron chi connectivity index (χ3n) is 4.59. The second-order valence-electron chi connectivity index (χ2n) is 5.93. The average molecular weight is 262 g/mol. The summed E-state index contributed by atoms with van der Waals surface area (Å²) in [4.78, 5) is 18.0. The topological polar surface area (TPSA) is 33.2 Å². The standard InChI is InChI=1S/C15H19FN2O/c16-13-8-12(9-17-10-13)14(19)18-7-6-15(11-18)4-2-1-3-5-15/h8-10H,1-7,11H2. The molecule has 1 saturated carbocycles. The number of amides is 1. The average Bonchev–Trinajstić information content (AvgIpc) is 2.82. The van der Waals surface area contributed by atoms with E-state index in [1.165, 1.54) is 44.4 Å². The van der Waals surface area contributed by atoms with Crippen LogP contribution in [0.2, 0.25) is 0 Å². The molecule has 0 unspecified atom stereocenters. The minimum atomic E-state index is -0.447. The first kappa shape index (κ1) is 12.6. The highest BCUT2D eigenvalue weighted by Gasteiger charge is 2.40. The van der Waals surface area contributed by atoms with Gasteiger partial charge >= 0.3 is 0 Å². The lowest BCUT2D eigenvalue weighted by atomic mass is 9.73. The molecular weight excluding hydrogens is 243 g/mol. The minimum Gasteiger partial charge on any atom is -0.338 e. The molecule has 3 nitrogen and oxygen atoms in total. The summed E-state index contributed by atoms with van der Waals surface area (Å²) in [6, 6.07) is 1.28. The molecule has 1 aromatic rings. The Morgan fingerprint density at radius 1 is 1.21 bits per heavy atom. The molecule has 0 radical (unpaired) electrons. The zero-order valence-corrected chi connectivity index (χ0v) is 11.1. The van der Waals surface area contributed by atoms with Crippen molar-refractivity contribution in [1.29, 1.82) is 0 Å². The van der Waals surface area contributed by atoms with Gasteiger partial charge in [-0.2, -0.15) is 0 Å². The lowest BCUT2D eigenvalue weighted by molar-refractivity contribution is 0.0758. The first-order valence-electron chi connectivity index (χ1n) is 7.08. The summed E-state index contributed by atoms with van der Waals surface area (Å²) in [5.74, 6) is -0.521. The van der Waals surface area contributed by atoms with Crippen molar-refractivity contribution >= 4 is 5.91 Å². The van der Waals surface area contributed by atoms with E-state index in [-0.39, 0.29) is 5.91 Å². The summed E-state index contributed by atoms with van der Waals surface area (Å²) in [5.41, 5.74) is 0.710. The van der Waals surface area contributed by atoms with Crippen LogP contribution in [0, 0.1) is 11.2 Å². The van der Waals surface area contributed by atoms with E-state index in [1.807, 2.05) is 4.90 Å². The summed E-state index contributed by atoms with van der Waals surface area (Å²) in [6.45, 7) is 1.64. The number of halogens is 1. The van der Waals surface area contributed by atoms with E-state index in [0.29, 0.717) is 11.0 Å². The molecule has 2 heterocycles. The molecule has 4 heteroatoms. The molecule has 2 aliphatic rings. The van der Waals surface area contributed by atoms with Crippen LogP contribution >= 0.6 is 0 Å². The minimum absolute atomic E-state index is 0.0746. The molecule has 2 fully saturated rings. The van der Waals surface area contributed by atoms with Gasteiger partial charge in [-0.25, -0.2) is 4.39 Å². The third-order valence-corrected chi connectivity index (χ3v) is 4.59. The number of hydrogen-bond acceptors (Lipinski definition) is 2. The van der Waals surface area contributed by atoms with E-state index in [9.17, 15) is 9.18 Å². The number of pyridine rings is 1. The first-order chi connectivity index (χ1) is 9.19. The Hall–Kier alpha value is -1.45. The Balaban J connectivity index is 1.72. The van der Waals surface area contributed by atoms with E-state index in [1.54, 1.807) is 0 Å². The van der Waals surface area contributed by atoms with Crippen molar-refractivity contribution in [2.45, 2.75) is 38.5 Å². The molecule has 1 spiro atoms. The van der Waals surface area contributed by atoms with Crippen LogP contribution in [0.5, 0.6) is 0 Å². The maximum absolute atomic E-state index is 13.1. The number of hydrogen-bond donors (Lipinski definition) is 0. The molecule has 1 saturated heterocycles.